The second kappa shape index (κ2) is 4.22. The van der Waals surface area contributed by atoms with Gasteiger partial charge in [0.25, 0.3) is 0 Å². The zero-order valence-corrected chi connectivity index (χ0v) is 9.87. The first-order chi connectivity index (χ1) is 7.99. The second-order valence-electron chi connectivity index (χ2n) is 3.76. The molecule has 6 heteroatoms. The van der Waals surface area contributed by atoms with E-state index < -0.39 is 11.7 Å². The summed E-state index contributed by atoms with van der Waals surface area (Å²) in [5.41, 5.74) is -0.384. The summed E-state index contributed by atoms with van der Waals surface area (Å²) in [5, 5.41) is 9.10. The highest BCUT2D eigenvalue weighted by molar-refractivity contribution is 7.98. The molecule has 0 spiro atoms. The molecule has 1 heterocycles. The number of thioether (sulfide) groups is 1. The predicted molar refractivity (Wildman–Crippen MR) is 57.8 cm³/mol. The van der Waals surface area contributed by atoms with Crippen LogP contribution in [0.4, 0.5) is 13.2 Å². The van der Waals surface area contributed by atoms with Crippen LogP contribution in [0, 0.1) is 11.3 Å². The maximum atomic E-state index is 13.0. The Morgan fingerprint density at radius 1 is 1.35 bits per heavy atom. The van der Waals surface area contributed by atoms with E-state index in [4.69, 9.17) is 5.26 Å². The van der Waals surface area contributed by atoms with Crippen molar-refractivity contribution in [3.63, 3.8) is 0 Å². The molecule has 1 aliphatic rings. The Morgan fingerprint density at radius 2 is 2.06 bits per heavy atom. The van der Waals surface area contributed by atoms with Gasteiger partial charge in [-0.2, -0.15) is 18.4 Å². The summed E-state index contributed by atoms with van der Waals surface area (Å²) < 4.78 is 39.1. The van der Waals surface area contributed by atoms with Gasteiger partial charge in [-0.3, -0.25) is 0 Å². The minimum Gasteiger partial charge on any atom is -0.245 e. The summed E-state index contributed by atoms with van der Waals surface area (Å²) in [7, 11) is 0. The zero-order valence-electron chi connectivity index (χ0n) is 9.06. The van der Waals surface area contributed by atoms with Crippen LogP contribution in [-0.2, 0) is 19.0 Å². The Balaban J connectivity index is 2.78. The van der Waals surface area contributed by atoms with Gasteiger partial charge in [-0.15, -0.1) is 11.8 Å². The van der Waals surface area contributed by atoms with Gasteiger partial charge in [0.05, 0.1) is 11.1 Å². The van der Waals surface area contributed by atoms with E-state index in [2.05, 4.69) is 4.98 Å². The first-order valence-corrected chi connectivity index (χ1v) is 6.28. The fourth-order valence-electron chi connectivity index (χ4n) is 2.12. The molecule has 1 aliphatic carbocycles. The quantitative estimate of drug-likeness (QED) is 0.726. The molecule has 17 heavy (non-hydrogen) atoms. The third-order valence-electron chi connectivity index (χ3n) is 2.78. The van der Waals surface area contributed by atoms with Crippen molar-refractivity contribution in [2.45, 2.75) is 30.5 Å². The van der Waals surface area contributed by atoms with Crippen LogP contribution in [0.5, 0.6) is 0 Å². The van der Waals surface area contributed by atoms with Crippen molar-refractivity contribution in [1.82, 2.24) is 4.98 Å². The molecule has 0 radical (unpaired) electrons. The van der Waals surface area contributed by atoms with Crippen LogP contribution in [0.1, 0.15) is 28.8 Å². The van der Waals surface area contributed by atoms with E-state index in [-0.39, 0.29) is 16.2 Å². The van der Waals surface area contributed by atoms with E-state index in [9.17, 15) is 13.2 Å². The lowest BCUT2D eigenvalue weighted by molar-refractivity contribution is -0.138. The summed E-state index contributed by atoms with van der Waals surface area (Å²) in [6.45, 7) is 0. The van der Waals surface area contributed by atoms with Crippen LogP contribution in [-0.4, -0.2) is 11.2 Å². The molecular weight excluding hydrogens is 249 g/mol. The van der Waals surface area contributed by atoms with Gasteiger partial charge in [0.1, 0.15) is 11.1 Å². The van der Waals surface area contributed by atoms with Crippen LogP contribution in [0.2, 0.25) is 0 Å². The molecule has 0 aliphatic heterocycles. The van der Waals surface area contributed by atoms with E-state index in [1.165, 1.54) is 0 Å². The normalized spacial score (nSPS) is 14.5. The van der Waals surface area contributed by atoms with Crippen LogP contribution in [0.15, 0.2) is 5.03 Å². The lowest BCUT2D eigenvalue weighted by Crippen LogP contribution is -2.14. The number of halogens is 3. The number of hydrogen-bond acceptors (Lipinski definition) is 3. The van der Waals surface area contributed by atoms with Gasteiger partial charge >= 0.3 is 6.18 Å². The van der Waals surface area contributed by atoms with Crippen LogP contribution < -0.4 is 0 Å². The minimum absolute atomic E-state index is 0.181. The second-order valence-corrected chi connectivity index (χ2v) is 4.55. The number of fused-ring (bicyclic) bond motifs is 1. The van der Waals surface area contributed by atoms with E-state index in [1.54, 1.807) is 12.3 Å². The molecule has 1 aromatic rings. The average Bonchev–Trinajstić information content (AvgIpc) is 2.71. The summed E-state index contributed by atoms with van der Waals surface area (Å²) in [6, 6.07) is 1.65. The summed E-state index contributed by atoms with van der Waals surface area (Å²) >= 11 is 1.08. The third kappa shape index (κ3) is 2.00. The lowest BCUT2D eigenvalue weighted by atomic mass is 10.0. The first-order valence-electron chi connectivity index (χ1n) is 5.06. The number of alkyl halides is 3. The zero-order chi connectivity index (χ0) is 12.6. The summed E-state index contributed by atoms with van der Waals surface area (Å²) in [6.07, 6.45) is -1.25. The fraction of sp³-hybridized carbons (Fsp3) is 0.455. The molecule has 0 aromatic carbocycles. The molecule has 0 atom stereocenters. The Bertz CT molecular complexity index is 503. The van der Waals surface area contributed by atoms with Crippen molar-refractivity contribution in [3.8, 4) is 6.07 Å². The molecule has 0 fully saturated rings. The molecule has 1 aromatic heterocycles. The van der Waals surface area contributed by atoms with Gasteiger partial charge in [0.2, 0.25) is 0 Å². The molecule has 0 saturated carbocycles. The predicted octanol–water partition coefficient (Wildman–Crippen LogP) is 3.18. The number of hydrogen-bond donors (Lipinski definition) is 0. The number of nitriles is 1. The SMILES string of the molecule is CSc1nc2c(c(C(F)(F)F)c1C#N)CCC2. The molecule has 0 amide bonds. The van der Waals surface area contributed by atoms with E-state index in [0.29, 0.717) is 25.0 Å². The average molecular weight is 258 g/mol. The number of aromatic nitrogens is 1. The van der Waals surface area contributed by atoms with Crippen LogP contribution in [0.25, 0.3) is 0 Å². The number of pyridine rings is 1. The van der Waals surface area contributed by atoms with Gasteiger partial charge in [-0.25, -0.2) is 4.98 Å². The van der Waals surface area contributed by atoms with Crippen molar-refractivity contribution in [3.05, 3.63) is 22.4 Å². The van der Waals surface area contributed by atoms with E-state index in [0.717, 1.165) is 11.8 Å². The molecule has 0 N–H and O–H groups in total. The van der Waals surface area contributed by atoms with Gasteiger partial charge < -0.3 is 0 Å². The van der Waals surface area contributed by atoms with Crippen LogP contribution in [0.3, 0.4) is 0 Å². The molecule has 0 saturated heterocycles. The topological polar surface area (TPSA) is 36.7 Å². The molecule has 2 nitrogen and oxygen atoms in total. The van der Waals surface area contributed by atoms with Crippen molar-refractivity contribution in [2.75, 3.05) is 6.26 Å². The van der Waals surface area contributed by atoms with Gasteiger partial charge in [-0.1, -0.05) is 0 Å². The van der Waals surface area contributed by atoms with Crippen molar-refractivity contribution in [1.29, 1.82) is 5.26 Å². The van der Waals surface area contributed by atoms with Gasteiger partial charge in [0.15, 0.2) is 0 Å². The minimum atomic E-state index is -4.48. The van der Waals surface area contributed by atoms with Gasteiger partial charge in [-0.05, 0) is 31.1 Å². The van der Waals surface area contributed by atoms with Gasteiger partial charge in [0, 0.05) is 5.69 Å². The lowest BCUT2D eigenvalue weighted by Gasteiger charge is -2.15. The largest absolute Gasteiger partial charge is 0.418 e. The Labute approximate surface area is 101 Å². The Hall–Kier alpha value is -1.22. The summed E-state index contributed by atoms with van der Waals surface area (Å²) in [4.78, 5) is 4.16. The first kappa shape index (κ1) is 12.2. The number of nitrogens with zero attached hydrogens (tertiary/aromatic N) is 2. The smallest absolute Gasteiger partial charge is 0.245 e. The molecule has 0 bridgehead atoms. The third-order valence-corrected chi connectivity index (χ3v) is 3.46. The molecule has 0 unspecified atom stereocenters. The maximum absolute atomic E-state index is 13.0. The number of aryl methyl sites for hydroxylation is 1. The highest BCUT2D eigenvalue weighted by atomic mass is 32.2. The van der Waals surface area contributed by atoms with E-state index in [1.807, 2.05) is 0 Å². The monoisotopic (exact) mass is 258 g/mol. The molecular formula is C11H9F3N2S. The maximum Gasteiger partial charge on any atom is 0.418 e. The Morgan fingerprint density at radius 3 is 2.59 bits per heavy atom. The summed E-state index contributed by atoms with van der Waals surface area (Å²) in [5.74, 6) is 0. The van der Waals surface area contributed by atoms with E-state index >= 15 is 0 Å². The highest BCUT2D eigenvalue weighted by Gasteiger charge is 2.40. The molecule has 90 valence electrons. The Kier molecular flexibility index (Phi) is 3.04. The van der Waals surface area contributed by atoms with Crippen molar-refractivity contribution in [2.24, 2.45) is 0 Å². The van der Waals surface area contributed by atoms with Crippen LogP contribution >= 0.6 is 11.8 Å². The fourth-order valence-corrected chi connectivity index (χ4v) is 2.67. The standard InChI is InChI=1S/C11H9F3N2S/c1-17-10-7(5-15)9(11(12,13)14)6-3-2-4-8(6)16-10/h2-4H2,1H3. The number of rotatable bonds is 1. The highest BCUT2D eigenvalue weighted by Crippen LogP contribution is 2.41. The van der Waals surface area contributed by atoms with Crippen molar-refractivity contribution < 1.29 is 13.2 Å². The molecule has 2 rings (SSSR count). The van der Waals surface area contributed by atoms with Crippen molar-refractivity contribution >= 4 is 11.8 Å².